The maximum Gasteiger partial charge on any atom is 0.311 e. The standard InChI is InChI=1S/C16H16ClN3O3/c1-10-8-12(14(21)18-9-16(6-7-16)15(22)23)19-20(10)13-5-3-2-4-11(13)17/h2-5,8H,6-7,9H2,1H3,(H,18,21)(H,22,23). The highest BCUT2D eigenvalue weighted by Gasteiger charge is 2.50. The number of hydrogen-bond acceptors (Lipinski definition) is 3. The number of carbonyl (C=O) groups excluding carboxylic acids is 1. The Labute approximate surface area is 138 Å². The number of rotatable bonds is 5. The van der Waals surface area contributed by atoms with Gasteiger partial charge in [-0.3, -0.25) is 9.59 Å². The lowest BCUT2D eigenvalue weighted by molar-refractivity contribution is -0.143. The summed E-state index contributed by atoms with van der Waals surface area (Å²) in [5.74, 6) is -1.25. The van der Waals surface area contributed by atoms with E-state index in [0.717, 1.165) is 5.69 Å². The van der Waals surface area contributed by atoms with E-state index in [0.29, 0.717) is 23.6 Å². The number of carbonyl (C=O) groups is 2. The Morgan fingerprint density at radius 1 is 1.39 bits per heavy atom. The normalized spacial score (nSPS) is 15.2. The van der Waals surface area contributed by atoms with Gasteiger partial charge in [0.1, 0.15) is 0 Å². The predicted octanol–water partition coefficient (Wildman–Crippen LogP) is 2.43. The van der Waals surface area contributed by atoms with Crippen molar-refractivity contribution >= 4 is 23.5 Å². The first kappa shape index (κ1) is 15.6. The van der Waals surface area contributed by atoms with Crippen LogP contribution in [0.25, 0.3) is 5.69 Å². The molecule has 0 radical (unpaired) electrons. The van der Waals surface area contributed by atoms with Crippen LogP contribution in [-0.2, 0) is 4.79 Å². The van der Waals surface area contributed by atoms with Gasteiger partial charge in [0.05, 0.1) is 16.1 Å². The Hall–Kier alpha value is -2.34. The van der Waals surface area contributed by atoms with E-state index >= 15 is 0 Å². The Morgan fingerprint density at radius 3 is 2.70 bits per heavy atom. The number of halogens is 1. The van der Waals surface area contributed by atoms with Crippen LogP contribution in [-0.4, -0.2) is 33.3 Å². The number of benzene rings is 1. The molecule has 23 heavy (non-hydrogen) atoms. The first-order chi connectivity index (χ1) is 10.9. The Bertz CT molecular complexity index is 781. The number of aliphatic carboxylic acids is 1. The molecule has 120 valence electrons. The van der Waals surface area contributed by atoms with Crippen LogP contribution in [0.3, 0.4) is 0 Å². The molecule has 1 fully saturated rings. The van der Waals surface area contributed by atoms with Crippen molar-refractivity contribution in [1.82, 2.24) is 15.1 Å². The van der Waals surface area contributed by atoms with E-state index in [-0.39, 0.29) is 18.1 Å². The van der Waals surface area contributed by atoms with E-state index in [1.54, 1.807) is 16.8 Å². The minimum absolute atomic E-state index is 0.124. The molecule has 6 nitrogen and oxygen atoms in total. The van der Waals surface area contributed by atoms with Crippen molar-refractivity contribution in [3.8, 4) is 5.69 Å². The summed E-state index contributed by atoms with van der Waals surface area (Å²) in [4.78, 5) is 23.3. The molecule has 0 spiro atoms. The molecular formula is C16H16ClN3O3. The zero-order chi connectivity index (χ0) is 16.6. The maximum absolute atomic E-state index is 12.2. The van der Waals surface area contributed by atoms with E-state index in [2.05, 4.69) is 10.4 Å². The molecule has 1 aromatic carbocycles. The lowest BCUT2D eigenvalue weighted by atomic mass is 10.1. The second-order valence-electron chi connectivity index (χ2n) is 5.80. The summed E-state index contributed by atoms with van der Waals surface area (Å²) in [7, 11) is 0. The molecule has 0 atom stereocenters. The molecular weight excluding hydrogens is 318 g/mol. The van der Waals surface area contributed by atoms with Crippen molar-refractivity contribution in [2.75, 3.05) is 6.54 Å². The van der Waals surface area contributed by atoms with Crippen molar-refractivity contribution in [3.05, 3.63) is 46.7 Å². The van der Waals surface area contributed by atoms with E-state index in [4.69, 9.17) is 16.7 Å². The summed E-state index contributed by atoms with van der Waals surface area (Å²) in [6.45, 7) is 1.95. The minimum atomic E-state index is -0.865. The molecule has 0 aliphatic heterocycles. The van der Waals surface area contributed by atoms with Crippen LogP contribution in [0.2, 0.25) is 5.02 Å². The fourth-order valence-corrected chi connectivity index (χ4v) is 2.63. The van der Waals surface area contributed by atoms with E-state index in [1.807, 2.05) is 25.1 Å². The van der Waals surface area contributed by atoms with Gasteiger partial charge in [0.25, 0.3) is 5.91 Å². The van der Waals surface area contributed by atoms with Gasteiger partial charge in [-0.25, -0.2) is 4.68 Å². The number of carboxylic acid groups (broad SMARTS) is 1. The van der Waals surface area contributed by atoms with Crippen LogP contribution in [0.1, 0.15) is 29.0 Å². The van der Waals surface area contributed by atoms with Crippen LogP contribution in [0.15, 0.2) is 30.3 Å². The molecule has 1 aliphatic carbocycles. The molecule has 2 aromatic rings. The van der Waals surface area contributed by atoms with E-state index in [9.17, 15) is 9.59 Å². The number of nitrogens with one attached hydrogen (secondary N) is 1. The van der Waals surface area contributed by atoms with Crippen LogP contribution in [0.5, 0.6) is 0 Å². The third kappa shape index (κ3) is 2.94. The number of aromatic nitrogens is 2. The molecule has 0 saturated heterocycles. The lowest BCUT2D eigenvalue weighted by Crippen LogP contribution is -2.34. The van der Waals surface area contributed by atoms with Crippen LogP contribution < -0.4 is 5.32 Å². The largest absolute Gasteiger partial charge is 0.481 e. The topological polar surface area (TPSA) is 84.2 Å². The summed E-state index contributed by atoms with van der Waals surface area (Å²) in [5, 5.41) is 16.6. The number of aryl methyl sites for hydroxylation is 1. The summed E-state index contributed by atoms with van der Waals surface area (Å²) < 4.78 is 1.60. The molecule has 0 bridgehead atoms. The Kier molecular flexibility index (Phi) is 3.85. The number of carboxylic acids is 1. The van der Waals surface area contributed by atoms with Gasteiger partial charge in [-0.05, 0) is 38.0 Å². The monoisotopic (exact) mass is 333 g/mol. The highest BCUT2D eigenvalue weighted by molar-refractivity contribution is 6.32. The van der Waals surface area contributed by atoms with Crippen molar-refractivity contribution in [1.29, 1.82) is 0 Å². The van der Waals surface area contributed by atoms with Gasteiger partial charge < -0.3 is 10.4 Å². The van der Waals surface area contributed by atoms with Crippen LogP contribution in [0.4, 0.5) is 0 Å². The van der Waals surface area contributed by atoms with E-state index < -0.39 is 11.4 Å². The second kappa shape index (κ2) is 5.70. The first-order valence-corrected chi connectivity index (χ1v) is 7.64. The predicted molar refractivity (Wildman–Crippen MR) is 84.9 cm³/mol. The zero-order valence-corrected chi connectivity index (χ0v) is 13.3. The van der Waals surface area contributed by atoms with Gasteiger partial charge in [0.2, 0.25) is 0 Å². The Morgan fingerprint density at radius 2 is 2.09 bits per heavy atom. The third-order valence-corrected chi connectivity index (χ3v) is 4.41. The zero-order valence-electron chi connectivity index (χ0n) is 12.5. The van der Waals surface area contributed by atoms with Gasteiger partial charge in [-0.2, -0.15) is 5.10 Å². The van der Waals surface area contributed by atoms with E-state index in [1.165, 1.54) is 0 Å². The molecule has 1 aromatic heterocycles. The number of hydrogen-bond donors (Lipinski definition) is 2. The molecule has 7 heteroatoms. The Balaban J connectivity index is 1.77. The average molecular weight is 334 g/mol. The van der Waals surface area contributed by atoms with Gasteiger partial charge in [-0.1, -0.05) is 23.7 Å². The van der Waals surface area contributed by atoms with Gasteiger partial charge >= 0.3 is 5.97 Å². The summed E-state index contributed by atoms with van der Waals surface area (Å²) in [6.07, 6.45) is 1.19. The molecule has 1 saturated carbocycles. The summed E-state index contributed by atoms with van der Waals surface area (Å²) >= 11 is 6.16. The second-order valence-corrected chi connectivity index (χ2v) is 6.21. The summed E-state index contributed by atoms with van der Waals surface area (Å²) in [5.41, 5.74) is 0.900. The quantitative estimate of drug-likeness (QED) is 0.880. The van der Waals surface area contributed by atoms with Crippen molar-refractivity contribution in [2.24, 2.45) is 5.41 Å². The van der Waals surface area contributed by atoms with Crippen molar-refractivity contribution in [2.45, 2.75) is 19.8 Å². The van der Waals surface area contributed by atoms with Gasteiger partial charge in [-0.15, -0.1) is 0 Å². The number of para-hydroxylation sites is 1. The van der Waals surface area contributed by atoms with Gasteiger partial charge in [0, 0.05) is 12.2 Å². The molecule has 1 aliphatic rings. The maximum atomic E-state index is 12.2. The van der Waals surface area contributed by atoms with Gasteiger partial charge in [0.15, 0.2) is 5.69 Å². The SMILES string of the molecule is Cc1cc(C(=O)NCC2(C(=O)O)CC2)nn1-c1ccccc1Cl. The van der Waals surface area contributed by atoms with Crippen LogP contribution >= 0.6 is 11.6 Å². The molecule has 2 N–H and O–H groups in total. The molecule has 1 amide bonds. The fraction of sp³-hybridized carbons (Fsp3) is 0.312. The minimum Gasteiger partial charge on any atom is -0.481 e. The van der Waals surface area contributed by atoms with Crippen LogP contribution in [0, 0.1) is 12.3 Å². The van der Waals surface area contributed by atoms with Crippen molar-refractivity contribution < 1.29 is 14.7 Å². The molecule has 3 rings (SSSR count). The summed E-state index contributed by atoms with van der Waals surface area (Å²) in [6, 6.07) is 8.87. The van der Waals surface area contributed by atoms with Crippen molar-refractivity contribution in [3.63, 3.8) is 0 Å². The number of nitrogens with zero attached hydrogens (tertiary/aromatic N) is 2. The fourth-order valence-electron chi connectivity index (χ4n) is 2.41. The molecule has 0 unspecified atom stereocenters. The highest BCUT2D eigenvalue weighted by atomic mass is 35.5. The third-order valence-electron chi connectivity index (χ3n) is 4.10. The smallest absolute Gasteiger partial charge is 0.311 e. The first-order valence-electron chi connectivity index (χ1n) is 7.26. The highest BCUT2D eigenvalue weighted by Crippen LogP contribution is 2.45. The lowest BCUT2D eigenvalue weighted by Gasteiger charge is -2.10. The average Bonchev–Trinajstić information content (AvgIpc) is 3.22. The number of amides is 1. The molecule has 1 heterocycles.